The maximum absolute atomic E-state index is 5.69. The molecule has 0 aliphatic rings. The summed E-state index contributed by atoms with van der Waals surface area (Å²) in [5.74, 6) is 0. The second-order valence-electron chi connectivity index (χ2n) is 8.43. The van der Waals surface area contributed by atoms with E-state index in [2.05, 4.69) is 13.8 Å². The molecule has 0 fully saturated rings. The van der Waals surface area contributed by atoms with Crippen LogP contribution in [0.5, 0.6) is 0 Å². The fourth-order valence-electron chi connectivity index (χ4n) is 4.05. The highest BCUT2D eigenvalue weighted by Crippen LogP contribution is 2.21. The van der Waals surface area contributed by atoms with Crippen LogP contribution in [0.25, 0.3) is 0 Å². The van der Waals surface area contributed by atoms with Crippen molar-refractivity contribution in [3.05, 3.63) is 0 Å². The Morgan fingerprint density at radius 1 is 0.444 bits per heavy atom. The Balaban J connectivity index is 3.19. The first-order valence-corrected chi connectivity index (χ1v) is 14.6. The zero-order valence-electron chi connectivity index (χ0n) is 19.5. The Morgan fingerprint density at radius 3 is 1.00 bits per heavy atom. The minimum atomic E-state index is -1.83. The summed E-state index contributed by atoms with van der Waals surface area (Å²) in [4.78, 5) is 0. The van der Waals surface area contributed by atoms with E-state index in [0.29, 0.717) is 0 Å². The fourth-order valence-corrected chi connectivity index (χ4v) is 6.34. The van der Waals surface area contributed by atoms with Gasteiger partial charge in [-0.1, -0.05) is 129 Å². The van der Waals surface area contributed by atoms with Crippen LogP contribution in [0.1, 0.15) is 129 Å². The molecule has 0 N–H and O–H groups in total. The van der Waals surface area contributed by atoms with E-state index in [1.807, 2.05) is 14.2 Å². The largest absolute Gasteiger partial charge is 0.398 e. The number of unbranched alkanes of at least 4 members (excludes halogenated alkanes) is 17. The molecule has 0 rings (SSSR count). The van der Waals surface area contributed by atoms with Crippen LogP contribution in [-0.2, 0) is 8.85 Å². The second-order valence-corrected chi connectivity index (χ2v) is 12.3. The smallest absolute Gasteiger partial charge is 0.337 e. The Bertz CT molecular complexity index is 271. The van der Waals surface area contributed by atoms with E-state index in [1.165, 1.54) is 116 Å². The maximum Gasteiger partial charge on any atom is 0.337 e. The van der Waals surface area contributed by atoms with Crippen LogP contribution in [0.3, 0.4) is 0 Å². The summed E-state index contributed by atoms with van der Waals surface area (Å²) in [5.41, 5.74) is 0. The molecule has 3 heteroatoms. The van der Waals surface area contributed by atoms with Crippen molar-refractivity contribution in [3.8, 4) is 0 Å². The van der Waals surface area contributed by atoms with Gasteiger partial charge in [0.15, 0.2) is 0 Å². The number of rotatable bonds is 22. The van der Waals surface area contributed by atoms with Crippen molar-refractivity contribution in [1.82, 2.24) is 0 Å². The van der Waals surface area contributed by atoms with Crippen molar-refractivity contribution < 1.29 is 8.85 Å². The van der Waals surface area contributed by atoms with Crippen LogP contribution < -0.4 is 0 Å². The van der Waals surface area contributed by atoms with Gasteiger partial charge in [-0.2, -0.15) is 0 Å². The average molecular weight is 401 g/mol. The maximum atomic E-state index is 5.69. The molecule has 0 spiro atoms. The van der Waals surface area contributed by atoms with Crippen molar-refractivity contribution in [3.63, 3.8) is 0 Å². The van der Waals surface area contributed by atoms with Crippen molar-refractivity contribution in [2.24, 2.45) is 0 Å². The molecule has 0 bridgehead atoms. The molecule has 0 heterocycles. The summed E-state index contributed by atoms with van der Waals surface area (Å²) in [7, 11) is 1.83. The molecule has 0 saturated carbocycles. The lowest BCUT2D eigenvalue weighted by Gasteiger charge is -2.25. The lowest BCUT2D eigenvalue weighted by Crippen LogP contribution is -2.38. The fraction of sp³-hybridized carbons (Fsp3) is 1.00. The standard InChI is InChI=1S/C24H52O2Si/c1-5-7-8-9-10-11-12-13-14-15-16-17-18-19-20-21-22-23-24-27(6-2,25-3)26-4/h5-24H2,1-4H3. The van der Waals surface area contributed by atoms with Crippen LogP contribution in [0.15, 0.2) is 0 Å². The predicted molar refractivity (Wildman–Crippen MR) is 124 cm³/mol. The monoisotopic (exact) mass is 400 g/mol. The van der Waals surface area contributed by atoms with Gasteiger partial charge in [-0.3, -0.25) is 0 Å². The Kier molecular flexibility index (Phi) is 21.0. The molecular formula is C24H52O2Si. The normalized spacial score (nSPS) is 12.0. The summed E-state index contributed by atoms with van der Waals surface area (Å²) >= 11 is 0. The van der Waals surface area contributed by atoms with E-state index in [9.17, 15) is 0 Å². The van der Waals surface area contributed by atoms with Gasteiger partial charge in [0.25, 0.3) is 0 Å². The molecule has 164 valence electrons. The summed E-state index contributed by atoms with van der Waals surface area (Å²) in [6.45, 7) is 4.50. The van der Waals surface area contributed by atoms with Gasteiger partial charge in [0.2, 0.25) is 0 Å². The first kappa shape index (κ1) is 27.1. The summed E-state index contributed by atoms with van der Waals surface area (Å²) < 4.78 is 11.4. The quantitative estimate of drug-likeness (QED) is 0.133. The van der Waals surface area contributed by atoms with E-state index in [-0.39, 0.29) is 0 Å². The molecule has 0 aromatic heterocycles. The van der Waals surface area contributed by atoms with Crippen molar-refractivity contribution in [2.75, 3.05) is 14.2 Å². The van der Waals surface area contributed by atoms with Crippen LogP contribution in [0, 0.1) is 0 Å². The van der Waals surface area contributed by atoms with Gasteiger partial charge in [-0.05, 0) is 12.1 Å². The first-order chi connectivity index (χ1) is 13.2. The zero-order valence-corrected chi connectivity index (χ0v) is 20.5. The second kappa shape index (κ2) is 20.9. The molecule has 0 saturated heterocycles. The topological polar surface area (TPSA) is 18.5 Å². The van der Waals surface area contributed by atoms with E-state index in [0.717, 1.165) is 12.1 Å². The average Bonchev–Trinajstić information content (AvgIpc) is 2.70. The van der Waals surface area contributed by atoms with Gasteiger partial charge < -0.3 is 8.85 Å². The van der Waals surface area contributed by atoms with Crippen LogP contribution in [0.4, 0.5) is 0 Å². The first-order valence-electron chi connectivity index (χ1n) is 12.3. The SMILES string of the molecule is CCCCCCCCCCCCCCCCCCCC[Si](CC)(OC)OC. The van der Waals surface area contributed by atoms with Crippen LogP contribution >= 0.6 is 0 Å². The molecular weight excluding hydrogens is 348 g/mol. The van der Waals surface area contributed by atoms with Crippen molar-refractivity contribution in [1.29, 1.82) is 0 Å². The molecule has 0 aliphatic carbocycles. The highest BCUT2D eigenvalue weighted by atomic mass is 28.4. The lowest BCUT2D eigenvalue weighted by molar-refractivity contribution is 0.241. The van der Waals surface area contributed by atoms with Gasteiger partial charge in [-0.25, -0.2) is 0 Å². The molecule has 27 heavy (non-hydrogen) atoms. The van der Waals surface area contributed by atoms with Gasteiger partial charge in [0.1, 0.15) is 0 Å². The van der Waals surface area contributed by atoms with E-state index >= 15 is 0 Å². The van der Waals surface area contributed by atoms with E-state index in [4.69, 9.17) is 8.85 Å². The molecule has 0 unspecified atom stereocenters. The molecule has 0 amide bonds. The number of hydrogen-bond acceptors (Lipinski definition) is 2. The van der Waals surface area contributed by atoms with Crippen molar-refractivity contribution in [2.45, 2.75) is 142 Å². The predicted octanol–water partition coefficient (Wildman–Crippen LogP) is 8.78. The van der Waals surface area contributed by atoms with Crippen LogP contribution in [-0.4, -0.2) is 22.8 Å². The van der Waals surface area contributed by atoms with Gasteiger partial charge >= 0.3 is 8.56 Å². The summed E-state index contributed by atoms with van der Waals surface area (Å²) in [5, 5.41) is 0. The highest BCUT2D eigenvalue weighted by Gasteiger charge is 2.32. The molecule has 0 radical (unpaired) electrons. The van der Waals surface area contributed by atoms with Gasteiger partial charge in [0, 0.05) is 14.2 Å². The third-order valence-corrected chi connectivity index (χ3v) is 9.87. The van der Waals surface area contributed by atoms with Gasteiger partial charge in [0.05, 0.1) is 0 Å². The van der Waals surface area contributed by atoms with Crippen LogP contribution in [0.2, 0.25) is 12.1 Å². The number of hydrogen-bond donors (Lipinski definition) is 0. The molecule has 0 atom stereocenters. The lowest BCUT2D eigenvalue weighted by atomic mass is 10.0. The Hall–Kier alpha value is 0.137. The Labute approximate surface area is 173 Å². The highest BCUT2D eigenvalue weighted by molar-refractivity contribution is 6.67. The third kappa shape index (κ3) is 16.8. The molecule has 0 aromatic rings. The van der Waals surface area contributed by atoms with E-state index in [1.54, 1.807) is 0 Å². The minimum Gasteiger partial charge on any atom is -0.398 e. The third-order valence-electron chi connectivity index (χ3n) is 6.19. The zero-order chi connectivity index (χ0) is 20.1. The molecule has 0 aliphatic heterocycles. The summed E-state index contributed by atoms with van der Waals surface area (Å²) in [6, 6.07) is 2.23. The molecule has 0 aromatic carbocycles. The van der Waals surface area contributed by atoms with Crippen molar-refractivity contribution >= 4 is 8.56 Å². The Morgan fingerprint density at radius 2 is 0.741 bits per heavy atom. The molecule has 2 nitrogen and oxygen atoms in total. The minimum absolute atomic E-state index is 1.07. The van der Waals surface area contributed by atoms with E-state index < -0.39 is 8.56 Å². The summed E-state index contributed by atoms with van der Waals surface area (Å²) in [6.07, 6.45) is 25.8. The van der Waals surface area contributed by atoms with Gasteiger partial charge in [-0.15, -0.1) is 0 Å².